The zero-order valence-corrected chi connectivity index (χ0v) is 12.0. The van der Waals surface area contributed by atoms with Crippen LogP contribution >= 0.6 is 11.6 Å². The number of carbonyl (C=O) groups is 1. The highest BCUT2D eigenvalue weighted by molar-refractivity contribution is 6.20. The summed E-state index contributed by atoms with van der Waals surface area (Å²) in [5.41, 5.74) is 1.77. The summed E-state index contributed by atoms with van der Waals surface area (Å²) in [6.07, 6.45) is 1.73. The fourth-order valence-electron chi connectivity index (χ4n) is 1.56. The average Bonchev–Trinajstić information content (AvgIpc) is 2.38. The molecule has 0 aromatic heterocycles. The second-order valence-electron chi connectivity index (χ2n) is 4.49. The third kappa shape index (κ3) is 4.57. The molecule has 0 bridgehead atoms. The minimum Gasteiger partial charge on any atom is -0.378 e. The molecule has 0 radical (unpaired) electrons. The number of alkyl halides is 1. The summed E-state index contributed by atoms with van der Waals surface area (Å²) in [6.45, 7) is 2.66. The van der Waals surface area contributed by atoms with Gasteiger partial charge in [-0.05, 0) is 37.1 Å². The summed E-state index contributed by atoms with van der Waals surface area (Å²) in [4.78, 5) is 13.8. The molecule has 0 aliphatic rings. The first kappa shape index (κ1) is 14.8. The molecule has 1 unspecified atom stereocenters. The van der Waals surface area contributed by atoms with Crippen molar-refractivity contribution in [1.29, 1.82) is 0 Å². The highest BCUT2D eigenvalue weighted by Gasteiger charge is 2.06. The van der Waals surface area contributed by atoms with Crippen molar-refractivity contribution in [1.82, 2.24) is 5.32 Å². The first-order valence-corrected chi connectivity index (χ1v) is 6.68. The van der Waals surface area contributed by atoms with Crippen LogP contribution in [0, 0.1) is 0 Å². The Kier molecular flexibility index (Phi) is 5.99. The number of nitrogens with zero attached hydrogens (tertiary/aromatic N) is 1. The van der Waals surface area contributed by atoms with Gasteiger partial charge in [0.2, 0.25) is 0 Å². The van der Waals surface area contributed by atoms with E-state index in [1.54, 1.807) is 0 Å². The van der Waals surface area contributed by atoms with Crippen LogP contribution < -0.4 is 10.2 Å². The van der Waals surface area contributed by atoms with Gasteiger partial charge in [-0.1, -0.05) is 6.92 Å². The van der Waals surface area contributed by atoms with Crippen LogP contribution in [0.25, 0.3) is 0 Å². The normalized spacial score (nSPS) is 12.0. The van der Waals surface area contributed by atoms with Crippen LogP contribution in [-0.4, -0.2) is 31.9 Å². The van der Waals surface area contributed by atoms with Crippen LogP contribution in [-0.2, 0) is 0 Å². The Morgan fingerprint density at radius 2 is 1.94 bits per heavy atom. The predicted octanol–water partition coefficient (Wildman–Crippen LogP) is 2.89. The molecule has 1 amide bonds. The van der Waals surface area contributed by atoms with E-state index in [0.717, 1.165) is 18.5 Å². The van der Waals surface area contributed by atoms with E-state index in [4.69, 9.17) is 11.6 Å². The fraction of sp³-hybridized carbons (Fsp3) is 0.500. The summed E-state index contributed by atoms with van der Waals surface area (Å²) in [5, 5.41) is 3.02. The van der Waals surface area contributed by atoms with Crippen molar-refractivity contribution in [3.63, 3.8) is 0 Å². The number of benzene rings is 1. The lowest BCUT2D eigenvalue weighted by Crippen LogP contribution is -2.26. The molecule has 0 spiro atoms. The molecule has 0 fully saturated rings. The minimum atomic E-state index is -0.0414. The van der Waals surface area contributed by atoms with Gasteiger partial charge in [0.1, 0.15) is 0 Å². The number of anilines is 1. The maximum Gasteiger partial charge on any atom is 0.251 e. The van der Waals surface area contributed by atoms with Gasteiger partial charge < -0.3 is 10.2 Å². The molecule has 3 nitrogen and oxygen atoms in total. The molecule has 1 N–H and O–H groups in total. The van der Waals surface area contributed by atoms with E-state index in [9.17, 15) is 4.79 Å². The third-order valence-corrected chi connectivity index (χ3v) is 3.36. The molecule has 4 heteroatoms. The van der Waals surface area contributed by atoms with E-state index in [0.29, 0.717) is 12.1 Å². The Labute approximate surface area is 114 Å². The van der Waals surface area contributed by atoms with Crippen LogP contribution in [0.3, 0.4) is 0 Å². The topological polar surface area (TPSA) is 32.3 Å². The van der Waals surface area contributed by atoms with Crippen LogP contribution in [0.15, 0.2) is 24.3 Å². The Morgan fingerprint density at radius 3 is 2.44 bits per heavy atom. The Balaban J connectivity index is 2.46. The van der Waals surface area contributed by atoms with Gasteiger partial charge in [0, 0.05) is 37.3 Å². The van der Waals surface area contributed by atoms with Gasteiger partial charge >= 0.3 is 0 Å². The lowest BCUT2D eigenvalue weighted by molar-refractivity contribution is 0.0953. The fourth-order valence-corrected chi connectivity index (χ4v) is 1.67. The van der Waals surface area contributed by atoms with Gasteiger partial charge in [-0.15, -0.1) is 11.6 Å². The largest absolute Gasteiger partial charge is 0.378 e. The van der Waals surface area contributed by atoms with Crippen LogP contribution in [0.5, 0.6) is 0 Å². The van der Waals surface area contributed by atoms with Crippen LogP contribution in [0.2, 0.25) is 0 Å². The number of hydrogen-bond acceptors (Lipinski definition) is 2. The lowest BCUT2D eigenvalue weighted by atomic mass is 10.2. The number of halogens is 1. The van der Waals surface area contributed by atoms with Crippen molar-refractivity contribution in [3.8, 4) is 0 Å². The van der Waals surface area contributed by atoms with Crippen molar-refractivity contribution in [2.24, 2.45) is 0 Å². The first-order valence-electron chi connectivity index (χ1n) is 6.24. The Hall–Kier alpha value is -1.22. The molecule has 1 aromatic rings. The Bertz CT molecular complexity index is 376. The smallest absolute Gasteiger partial charge is 0.251 e. The van der Waals surface area contributed by atoms with Crippen molar-refractivity contribution < 1.29 is 4.79 Å². The molecule has 1 rings (SSSR count). The number of hydrogen-bond donors (Lipinski definition) is 1. The van der Waals surface area contributed by atoms with Gasteiger partial charge in [-0.3, -0.25) is 4.79 Å². The number of nitrogens with one attached hydrogen (secondary N) is 1. The van der Waals surface area contributed by atoms with Gasteiger partial charge in [0.05, 0.1) is 0 Å². The first-order chi connectivity index (χ1) is 8.54. The third-order valence-electron chi connectivity index (χ3n) is 2.83. The van der Waals surface area contributed by atoms with Gasteiger partial charge in [0.15, 0.2) is 0 Å². The van der Waals surface area contributed by atoms with Crippen LogP contribution in [0.4, 0.5) is 5.69 Å². The highest BCUT2D eigenvalue weighted by atomic mass is 35.5. The maximum atomic E-state index is 11.8. The summed E-state index contributed by atoms with van der Waals surface area (Å²) < 4.78 is 0. The number of carbonyl (C=O) groups excluding carboxylic acids is 1. The second-order valence-corrected chi connectivity index (χ2v) is 5.11. The van der Waals surface area contributed by atoms with E-state index in [1.165, 1.54) is 0 Å². The maximum absolute atomic E-state index is 11.8. The van der Waals surface area contributed by atoms with Crippen molar-refractivity contribution >= 4 is 23.2 Å². The van der Waals surface area contributed by atoms with E-state index in [2.05, 4.69) is 5.32 Å². The molecule has 0 saturated carbocycles. The SMILES string of the molecule is CCC(Cl)CCNC(=O)c1ccc(N(C)C)cc1. The van der Waals surface area contributed by atoms with Gasteiger partial charge in [-0.25, -0.2) is 0 Å². The monoisotopic (exact) mass is 268 g/mol. The van der Waals surface area contributed by atoms with Crippen LogP contribution in [0.1, 0.15) is 30.1 Å². The van der Waals surface area contributed by atoms with Crippen molar-refractivity contribution in [3.05, 3.63) is 29.8 Å². The molecular formula is C14H21ClN2O. The minimum absolute atomic E-state index is 0.0414. The standard InChI is InChI=1S/C14H21ClN2O/c1-4-12(15)9-10-16-14(18)11-5-7-13(8-6-11)17(2)3/h5-8,12H,4,9-10H2,1-3H3,(H,16,18). The lowest BCUT2D eigenvalue weighted by Gasteiger charge is -2.13. The molecule has 0 aliphatic heterocycles. The van der Waals surface area contributed by atoms with Gasteiger partial charge in [-0.2, -0.15) is 0 Å². The van der Waals surface area contributed by atoms with Gasteiger partial charge in [0.25, 0.3) is 5.91 Å². The zero-order valence-electron chi connectivity index (χ0n) is 11.2. The summed E-state index contributed by atoms with van der Waals surface area (Å²) in [5.74, 6) is -0.0414. The molecule has 18 heavy (non-hydrogen) atoms. The van der Waals surface area contributed by atoms with E-state index >= 15 is 0 Å². The second kappa shape index (κ2) is 7.27. The molecule has 0 heterocycles. The number of amides is 1. The summed E-state index contributed by atoms with van der Waals surface area (Å²) >= 11 is 5.99. The summed E-state index contributed by atoms with van der Waals surface area (Å²) in [6, 6.07) is 7.54. The molecule has 0 aliphatic carbocycles. The van der Waals surface area contributed by atoms with E-state index in [-0.39, 0.29) is 11.3 Å². The molecule has 1 aromatic carbocycles. The predicted molar refractivity (Wildman–Crippen MR) is 77.7 cm³/mol. The Morgan fingerprint density at radius 1 is 1.33 bits per heavy atom. The zero-order chi connectivity index (χ0) is 13.5. The molecule has 100 valence electrons. The van der Waals surface area contributed by atoms with E-state index in [1.807, 2.05) is 50.2 Å². The van der Waals surface area contributed by atoms with Crippen molar-refractivity contribution in [2.45, 2.75) is 25.1 Å². The molecule has 1 atom stereocenters. The molecule has 0 saturated heterocycles. The average molecular weight is 269 g/mol. The van der Waals surface area contributed by atoms with E-state index < -0.39 is 0 Å². The molecular weight excluding hydrogens is 248 g/mol. The quantitative estimate of drug-likeness (QED) is 0.805. The van der Waals surface area contributed by atoms with Crippen molar-refractivity contribution in [2.75, 3.05) is 25.5 Å². The number of rotatable bonds is 6. The summed E-state index contributed by atoms with van der Waals surface area (Å²) in [7, 11) is 3.95. The highest BCUT2D eigenvalue weighted by Crippen LogP contribution is 2.12.